The highest BCUT2D eigenvalue weighted by molar-refractivity contribution is 5.86. The number of rotatable bonds is 3. The van der Waals surface area contributed by atoms with E-state index in [0.717, 1.165) is 6.54 Å². The van der Waals surface area contributed by atoms with E-state index in [9.17, 15) is 0 Å². The van der Waals surface area contributed by atoms with Gasteiger partial charge in [-0.3, -0.25) is 0 Å². The van der Waals surface area contributed by atoms with Gasteiger partial charge in [0, 0.05) is 5.54 Å². The fourth-order valence-corrected chi connectivity index (χ4v) is 3.45. The highest BCUT2D eigenvalue weighted by Gasteiger charge is 2.35. The molecule has 2 aromatic rings. The van der Waals surface area contributed by atoms with Gasteiger partial charge in [-0.15, -0.1) is 0 Å². The summed E-state index contributed by atoms with van der Waals surface area (Å²) < 4.78 is 0. The largest absolute Gasteiger partial charge is 0.307 e. The summed E-state index contributed by atoms with van der Waals surface area (Å²) in [6.45, 7) is 3.44. The van der Waals surface area contributed by atoms with E-state index in [0.29, 0.717) is 0 Å². The Balaban J connectivity index is 2.17. The Morgan fingerprint density at radius 2 is 1.94 bits per heavy atom. The minimum Gasteiger partial charge on any atom is -0.307 e. The van der Waals surface area contributed by atoms with E-state index in [2.05, 4.69) is 54.7 Å². The van der Waals surface area contributed by atoms with Crippen molar-refractivity contribution in [3.8, 4) is 0 Å². The Morgan fingerprint density at radius 1 is 1.11 bits per heavy atom. The number of benzene rings is 2. The van der Waals surface area contributed by atoms with Crippen LogP contribution in [-0.2, 0) is 5.54 Å². The lowest BCUT2D eigenvalue weighted by Gasteiger charge is -2.31. The molecule has 3 rings (SSSR count). The van der Waals surface area contributed by atoms with Crippen LogP contribution in [0, 0.1) is 0 Å². The van der Waals surface area contributed by atoms with Gasteiger partial charge in [0.25, 0.3) is 0 Å². The maximum atomic E-state index is 3.78. The first-order chi connectivity index (χ1) is 8.86. The standard InChI is InChI=1S/C17H21N/c1-2-11-17(12-6-13-18-17)16-10-5-8-14-7-3-4-9-15(14)16/h3-5,7-10,18H,2,6,11-13H2,1H3. The number of hydrogen-bond donors (Lipinski definition) is 1. The molecule has 0 spiro atoms. The molecule has 1 saturated heterocycles. The summed E-state index contributed by atoms with van der Waals surface area (Å²) in [5.41, 5.74) is 1.72. The molecule has 0 aliphatic carbocycles. The van der Waals surface area contributed by atoms with Crippen molar-refractivity contribution in [2.75, 3.05) is 6.54 Å². The van der Waals surface area contributed by atoms with Crippen LogP contribution in [-0.4, -0.2) is 6.54 Å². The van der Waals surface area contributed by atoms with Gasteiger partial charge in [0.1, 0.15) is 0 Å². The first-order valence-electron chi connectivity index (χ1n) is 7.09. The summed E-state index contributed by atoms with van der Waals surface area (Å²) >= 11 is 0. The minimum atomic E-state index is 0.218. The van der Waals surface area contributed by atoms with Gasteiger partial charge in [0.15, 0.2) is 0 Å². The predicted molar refractivity (Wildman–Crippen MR) is 77.8 cm³/mol. The lowest BCUT2D eigenvalue weighted by Crippen LogP contribution is -2.36. The van der Waals surface area contributed by atoms with Crippen molar-refractivity contribution in [2.24, 2.45) is 0 Å². The summed E-state index contributed by atoms with van der Waals surface area (Å²) in [4.78, 5) is 0. The average molecular weight is 239 g/mol. The predicted octanol–water partition coefficient (Wildman–Crippen LogP) is 4.22. The Labute approximate surface area is 109 Å². The van der Waals surface area contributed by atoms with Gasteiger partial charge >= 0.3 is 0 Å². The van der Waals surface area contributed by atoms with E-state index in [1.54, 1.807) is 0 Å². The van der Waals surface area contributed by atoms with Gasteiger partial charge < -0.3 is 5.32 Å². The topological polar surface area (TPSA) is 12.0 Å². The molecular formula is C17H21N. The Hall–Kier alpha value is -1.34. The smallest absolute Gasteiger partial charge is 0.0441 e. The van der Waals surface area contributed by atoms with E-state index in [1.807, 2.05) is 0 Å². The third kappa shape index (κ3) is 1.83. The van der Waals surface area contributed by atoms with Crippen LogP contribution >= 0.6 is 0 Å². The van der Waals surface area contributed by atoms with E-state index in [4.69, 9.17) is 0 Å². The number of fused-ring (bicyclic) bond motifs is 1. The monoisotopic (exact) mass is 239 g/mol. The highest BCUT2D eigenvalue weighted by atomic mass is 15.0. The third-order valence-corrected chi connectivity index (χ3v) is 4.23. The summed E-state index contributed by atoms with van der Waals surface area (Å²) in [7, 11) is 0. The minimum absolute atomic E-state index is 0.218. The molecule has 0 radical (unpaired) electrons. The van der Waals surface area contributed by atoms with Crippen molar-refractivity contribution < 1.29 is 0 Å². The molecule has 94 valence electrons. The molecule has 0 amide bonds. The zero-order valence-corrected chi connectivity index (χ0v) is 11.1. The first-order valence-corrected chi connectivity index (χ1v) is 7.09. The molecule has 0 bridgehead atoms. The molecule has 1 heterocycles. The fraction of sp³-hybridized carbons (Fsp3) is 0.412. The quantitative estimate of drug-likeness (QED) is 0.845. The first kappa shape index (κ1) is 11.7. The van der Waals surface area contributed by atoms with Gasteiger partial charge in [0.05, 0.1) is 0 Å². The molecule has 1 N–H and O–H groups in total. The summed E-state index contributed by atoms with van der Waals surface area (Å²) in [6.07, 6.45) is 5.04. The second-order valence-corrected chi connectivity index (χ2v) is 5.39. The van der Waals surface area contributed by atoms with Gasteiger partial charge in [-0.1, -0.05) is 55.8 Å². The zero-order chi connectivity index (χ0) is 12.4. The number of nitrogens with one attached hydrogen (secondary N) is 1. The second kappa shape index (κ2) is 4.74. The van der Waals surface area contributed by atoms with Crippen molar-refractivity contribution >= 4 is 10.8 Å². The van der Waals surface area contributed by atoms with E-state index in [1.165, 1.54) is 42.0 Å². The van der Waals surface area contributed by atoms with Crippen molar-refractivity contribution in [3.63, 3.8) is 0 Å². The van der Waals surface area contributed by atoms with Crippen LogP contribution in [0.1, 0.15) is 38.2 Å². The summed E-state index contributed by atoms with van der Waals surface area (Å²) in [5, 5.41) is 6.56. The molecule has 2 aromatic carbocycles. The van der Waals surface area contributed by atoms with Crippen LogP contribution in [0.3, 0.4) is 0 Å². The molecule has 18 heavy (non-hydrogen) atoms. The van der Waals surface area contributed by atoms with Gasteiger partial charge in [-0.2, -0.15) is 0 Å². The van der Waals surface area contributed by atoms with E-state index < -0.39 is 0 Å². The molecule has 1 aliphatic rings. The molecule has 1 unspecified atom stereocenters. The molecule has 1 fully saturated rings. The van der Waals surface area contributed by atoms with Crippen molar-refractivity contribution in [3.05, 3.63) is 48.0 Å². The number of hydrogen-bond acceptors (Lipinski definition) is 1. The van der Waals surface area contributed by atoms with Crippen LogP contribution < -0.4 is 5.32 Å². The maximum absolute atomic E-state index is 3.78. The molecule has 1 atom stereocenters. The SMILES string of the molecule is CCCC1(c2cccc3ccccc23)CCCN1. The van der Waals surface area contributed by atoms with Crippen LogP contribution in [0.2, 0.25) is 0 Å². The fourth-order valence-electron chi connectivity index (χ4n) is 3.45. The lowest BCUT2D eigenvalue weighted by atomic mass is 9.81. The lowest BCUT2D eigenvalue weighted by molar-refractivity contribution is 0.359. The zero-order valence-electron chi connectivity index (χ0n) is 11.1. The Bertz CT molecular complexity index is 533. The van der Waals surface area contributed by atoms with Crippen LogP contribution in [0.15, 0.2) is 42.5 Å². The summed E-state index contributed by atoms with van der Waals surface area (Å²) in [5.74, 6) is 0. The maximum Gasteiger partial charge on any atom is 0.0441 e. The van der Waals surface area contributed by atoms with Gasteiger partial charge in [0.2, 0.25) is 0 Å². The molecule has 0 aromatic heterocycles. The van der Waals surface area contributed by atoms with Crippen LogP contribution in [0.5, 0.6) is 0 Å². The average Bonchev–Trinajstić information content (AvgIpc) is 2.88. The Kier molecular flexibility index (Phi) is 3.09. The summed E-state index contributed by atoms with van der Waals surface area (Å²) in [6, 6.07) is 15.5. The molecule has 0 saturated carbocycles. The molecule has 1 aliphatic heterocycles. The van der Waals surface area contributed by atoms with E-state index in [-0.39, 0.29) is 5.54 Å². The highest BCUT2D eigenvalue weighted by Crippen LogP contribution is 2.38. The Morgan fingerprint density at radius 3 is 2.72 bits per heavy atom. The molecule has 1 nitrogen and oxygen atoms in total. The van der Waals surface area contributed by atoms with E-state index >= 15 is 0 Å². The van der Waals surface area contributed by atoms with Crippen molar-refractivity contribution in [1.29, 1.82) is 0 Å². The molecule has 1 heteroatoms. The van der Waals surface area contributed by atoms with Gasteiger partial charge in [-0.05, 0) is 42.1 Å². The van der Waals surface area contributed by atoms with Gasteiger partial charge in [-0.25, -0.2) is 0 Å². The van der Waals surface area contributed by atoms with Crippen molar-refractivity contribution in [2.45, 2.75) is 38.1 Å². The van der Waals surface area contributed by atoms with Crippen molar-refractivity contribution in [1.82, 2.24) is 5.32 Å². The second-order valence-electron chi connectivity index (χ2n) is 5.39. The molecular weight excluding hydrogens is 218 g/mol. The normalized spacial score (nSPS) is 23.6. The van der Waals surface area contributed by atoms with Crippen LogP contribution in [0.4, 0.5) is 0 Å². The third-order valence-electron chi connectivity index (χ3n) is 4.23. The van der Waals surface area contributed by atoms with Crippen LogP contribution in [0.25, 0.3) is 10.8 Å².